The summed E-state index contributed by atoms with van der Waals surface area (Å²) >= 11 is 1.43. The van der Waals surface area contributed by atoms with Crippen molar-refractivity contribution >= 4 is 34.5 Å². The van der Waals surface area contributed by atoms with E-state index in [1.54, 1.807) is 21.1 Å². The van der Waals surface area contributed by atoms with Crippen molar-refractivity contribution in [1.29, 1.82) is 0 Å². The van der Waals surface area contributed by atoms with Crippen molar-refractivity contribution in [2.75, 3.05) is 20.8 Å². The molecule has 1 saturated carbocycles. The summed E-state index contributed by atoms with van der Waals surface area (Å²) in [6, 6.07) is 14.7. The summed E-state index contributed by atoms with van der Waals surface area (Å²) in [7, 11) is 3.18. The van der Waals surface area contributed by atoms with Crippen molar-refractivity contribution in [3.63, 3.8) is 0 Å². The Morgan fingerprint density at radius 3 is 2.57 bits per heavy atom. The Balaban J connectivity index is 1.69. The van der Waals surface area contributed by atoms with Crippen LogP contribution >= 0.6 is 11.8 Å². The minimum Gasteiger partial charge on any atom is -0.497 e. The van der Waals surface area contributed by atoms with Gasteiger partial charge in [0.1, 0.15) is 11.5 Å². The highest BCUT2D eigenvalue weighted by atomic mass is 32.2. The number of amides is 1. The van der Waals surface area contributed by atoms with E-state index in [0.717, 1.165) is 24.1 Å². The normalized spacial score (nSPS) is 18.6. The molecular formula is C28H29N3O5S. The van der Waals surface area contributed by atoms with Crippen LogP contribution in [0.1, 0.15) is 43.4 Å². The summed E-state index contributed by atoms with van der Waals surface area (Å²) in [5, 5.41) is 5.67. The van der Waals surface area contributed by atoms with E-state index in [-0.39, 0.29) is 25.0 Å². The lowest BCUT2D eigenvalue weighted by molar-refractivity contribution is -0.139. The summed E-state index contributed by atoms with van der Waals surface area (Å²) in [5.74, 6) is 0.674. The lowest BCUT2D eigenvalue weighted by Crippen LogP contribution is -2.38. The van der Waals surface area contributed by atoms with Gasteiger partial charge in [0.05, 0.1) is 44.6 Å². The highest BCUT2D eigenvalue weighted by Gasteiger charge is 2.43. The smallest absolute Gasteiger partial charge is 0.338 e. The zero-order chi connectivity index (χ0) is 25.9. The predicted molar refractivity (Wildman–Crippen MR) is 143 cm³/mol. The van der Waals surface area contributed by atoms with E-state index in [1.165, 1.54) is 11.8 Å². The van der Waals surface area contributed by atoms with Crippen molar-refractivity contribution in [3.8, 4) is 11.5 Å². The molecule has 3 aliphatic rings. The first-order valence-electron chi connectivity index (χ1n) is 12.3. The number of nitrogens with zero attached hydrogens (tertiary/aromatic N) is 2. The van der Waals surface area contributed by atoms with Crippen molar-refractivity contribution in [2.24, 2.45) is 4.99 Å². The first-order valence-corrected chi connectivity index (χ1v) is 13.1. The summed E-state index contributed by atoms with van der Waals surface area (Å²) < 4.78 is 16.9. The van der Waals surface area contributed by atoms with Crippen LogP contribution in [0.5, 0.6) is 11.5 Å². The van der Waals surface area contributed by atoms with E-state index in [0.29, 0.717) is 33.5 Å². The van der Waals surface area contributed by atoms with Crippen LogP contribution in [0.4, 0.5) is 0 Å². The molecule has 0 radical (unpaired) electrons. The van der Waals surface area contributed by atoms with Gasteiger partial charge in [0.25, 0.3) is 0 Å². The van der Waals surface area contributed by atoms with Crippen molar-refractivity contribution in [2.45, 2.75) is 38.3 Å². The van der Waals surface area contributed by atoms with E-state index in [2.05, 4.69) is 5.32 Å². The number of amidine groups is 1. The first kappa shape index (κ1) is 25.0. The Morgan fingerprint density at radius 1 is 1.11 bits per heavy atom. The fourth-order valence-electron chi connectivity index (χ4n) is 4.51. The lowest BCUT2D eigenvalue weighted by atomic mass is 9.90. The molecule has 1 atom stereocenters. The van der Waals surface area contributed by atoms with Gasteiger partial charge >= 0.3 is 5.97 Å². The second-order valence-electron chi connectivity index (χ2n) is 8.87. The molecule has 2 heterocycles. The molecule has 1 N–H and O–H groups in total. The largest absolute Gasteiger partial charge is 0.497 e. The minimum absolute atomic E-state index is 0.0533. The van der Waals surface area contributed by atoms with E-state index < -0.39 is 12.0 Å². The van der Waals surface area contributed by atoms with Crippen LogP contribution in [0.2, 0.25) is 0 Å². The van der Waals surface area contributed by atoms with Gasteiger partial charge in [-0.2, -0.15) is 0 Å². The third-order valence-corrected chi connectivity index (χ3v) is 7.26. The SMILES string of the molecule is CCOC(=O)C1=C(c2ccccc2)N=C2SC=C(CC(=O)NC3CC3)N2C1c1cc(OC)ccc1OC. The number of carbonyl (C=O) groups excluding carboxylic acids is 2. The van der Waals surface area contributed by atoms with Crippen LogP contribution < -0.4 is 14.8 Å². The van der Waals surface area contributed by atoms with Crippen LogP contribution in [0.3, 0.4) is 0 Å². The molecule has 0 spiro atoms. The van der Waals surface area contributed by atoms with Crippen molar-refractivity contribution in [1.82, 2.24) is 10.2 Å². The molecule has 1 fully saturated rings. The maximum absolute atomic E-state index is 13.6. The average Bonchev–Trinajstić information content (AvgIpc) is 3.65. The number of benzene rings is 2. The van der Waals surface area contributed by atoms with E-state index in [4.69, 9.17) is 19.2 Å². The fraction of sp³-hybridized carbons (Fsp3) is 0.321. The summed E-state index contributed by atoms with van der Waals surface area (Å²) in [6.45, 7) is 1.99. The maximum Gasteiger partial charge on any atom is 0.338 e. The molecule has 9 heteroatoms. The molecular weight excluding hydrogens is 490 g/mol. The van der Waals surface area contributed by atoms with Crippen LogP contribution in [0, 0.1) is 0 Å². The number of ether oxygens (including phenoxy) is 3. The van der Waals surface area contributed by atoms with Gasteiger partial charge in [0.2, 0.25) is 5.91 Å². The van der Waals surface area contributed by atoms with Crippen LogP contribution in [0.15, 0.2) is 70.2 Å². The second-order valence-corrected chi connectivity index (χ2v) is 9.71. The third-order valence-electron chi connectivity index (χ3n) is 6.37. The molecule has 1 amide bonds. The molecule has 0 saturated heterocycles. The Kier molecular flexibility index (Phi) is 7.23. The van der Waals surface area contributed by atoms with Crippen LogP contribution in [-0.2, 0) is 14.3 Å². The Hall–Kier alpha value is -3.72. The molecule has 2 aromatic carbocycles. The van der Waals surface area contributed by atoms with Crippen LogP contribution in [-0.4, -0.2) is 48.8 Å². The highest BCUT2D eigenvalue weighted by molar-refractivity contribution is 8.16. The number of thioether (sulfide) groups is 1. The van der Waals surface area contributed by atoms with Crippen molar-refractivity contribution in [3.05, 3.63) is 76.3 Å². The third kappa shape index (κ3) is 5.09. The molecule has 2 aromatic rings. The van der Waals surface area contributed by atoms with Gasteiger partial charge in [-0.3, -0.25) is 4.79 Å². The average molecular weight is 520 g/mol. The molecule has 192 valence electrons. The Morgan fingerprint density at radius 2 is 1.89 bits per heavy atom. The Bertz CT molecular complexity index is 1300. The molecule has 2 aliphatic heterocycles. The number of aliphatic imine (C=N–C) groups is 1. The molecule has 0 bridgehead atoms. The quantitative estimate of drug-likeness (QED) is 0.483. The number of esters is 1. The molecule has 37 heavy (non-hydrogen) atoms. The highest BCUT2D eigenvalue weighted by Crippen LogP contribution is 2.49. The number of hydrogen-bond donors (Lipinski definition) is 1. The van der Waals surface area contributed by atoms with Gasteiger partial charge in [-0.15, -0.1) is 0 Å². The fourth-order valence-corrected chi connectivity index (χ4v) is 5.43. The number of methoxy groups -OCH3 is 2. The number of rotatable bonds is 9. The molecule has 1 unspecified atom stereocenters. The number of fused-ring (bicyclic) bond motifs is 1. The van der Waals surface area contributed by atoms with Gasteiger partial charge < -0.3 is 24.4 Å². The minimum atomic E-state index is -0.651. The summed E-state index contributed by atoms with van der Waals surface area (Å²) in [5.41, 5.74) is 3.17. The molecule has 1 aliphatic carbocycles. The number of carbonyl (C=O) groups is 2. The van der Waals surface area contributed by atoms with E-state index >= 15 is 0 Å². The standard InChI is InChI=1S/C28H29N3O5S/c1-4-36-27(33)24-25(17-8-6-5-7-9-17)30-28-31(19(16-37-28)14-23(32)29-18-10-11-18)26(24)21-15-20(34-2)12-13-22(21)35-3/h5-9,12-13,15-16,18,26H,4,10-11,14H2,1-3H3,(H,29,32). The Labute approximate surface area is 220 Å². The first-order chi connectivity index (χ1) is 18.0. The van der Waals surface area contributed by atoms with E-state index in [9.17, 15) is 9.59 Å². The van der Waals surface area contributed by atoms with Gasteiger partial charge in [-0.1, -0.05) is 42.1 Å². The van der Waals surface area contributed by atoms with Crippen molar-refractivity contribution < 1.29 is 23.8 Å². The van der Waals surface area contributed by atoms with Crippen LogP contribution in [0.25, 0.3) is 5.70 Å². The summed E-state index contributed by atoms with van der Waals surface area (Å²) in [4.78, 5) is 33.3. The maximum atomic E-state index is 13.6. The lowest BCUT2D eigenvalue weighted by Gasteiger charge is -2.37. The van der Waals surface area contributed by atoms with E-state index in [1.807, 2.05) is 58.8 Å². The number of nitrogens with one attached hydrogen (secondary N) is 1. The molecule has 5 rings (SSSR count). The number of hydrogen-bond acceptors (Lipinski definition) is 8. The van der Waals surface area contributed by atoms with Gasteiger partial charge in [0, 0.05) is 22.9 Å². The predicted octanol–water partition coefficient (Wildman–Crippen LogP) is 4.65. The zero-order valence-electron chi connectivity index (χ0n) is 21.0. The molecule has 8 nitrogen and oxygen atoms in total. The van der Waals surface area contributed by atoms with Gasteiger partial charge in [-0.25, -0.2) is 9.79 Å². The van der Waals surface area contributed by atoms with Gasteiger partial charge in [-0.05, 0) is 43.4 Å². The summed E-state index contributed by atoms with van der Waals surface area (Å²) in [6.07, 6.45) is 2.19. The zero-order valence-corrected chi connectivity index (χ0v) is 21.8. The molecule has 0 aromatic heterocycles. The van der Waals surface area contributed by atoms with Gasteiger partial charge in [0.15, 0.2) is 5.17 Å². The second kappa shape index (κ2) is 10.7. The topological polar surface area (TPSA) is 89.5 Å². The monoisotopic (exact) mass is 519 g/mol.